The van der Waals surface area contributed by atoms with Gasteiger partial charge in [-0.2, -0.15) is 0 Å². The minimum Gasteiger partial charge on any atom is -0.274 e. The zero-order chi connectivity index (χ0) is 24.0. The van der Waals surface area contributed by atoms with Crippen molar-refractivity contribution in [2.75, 3.05) is 0 Å². The minimum absolute atomic E-state index is 0.0532. The maximum Gasteiger partial charge on any atom is 0.235 e. The van der Waals surface area contributed by atoms with E-state index in [4.69, 9.17) is 0 Å². The first-order valence-electron chi connectivity index (χ1n) is 12.6. The van der Waals surface area contributed by atoms with Crippen LogP contribution in [0.5, 0.6) is 0 Å². The molecule has 2 saturated heterocycles. The molecule has 34 heavy (non-hydrogen) atoms. The molecular weight excluding hydrogens is 428 g/mol. The lowest BCUT2D eigenvalue weighted by Gasteiger charge is -2.34. The van der Waals surface area contributed by atoms with Crippen LogP contribution in [0.25, 0.3) is 0 Å². The van der Waals surface area contributed by atoms with Crippen LogP contribution in [0.15, 0.2) is 48.6 Å². The van der Waals surface area contributed by atoms with E-state index in [9.17, 15) is 19.2 Å². The molecule has 2 heterocycles. The Balaban J connectivity index is 1.30. The van der Waals surface area contributed by atoms with E-state index in [0.717, 1.165) is 25.7 Å². The van der Waals surface area contributed by atoms with Gasteiger partial charge < -0.3 is 0 Å². The highest BCUT2D eigenvalue weighted by molar-refractivity contribution is 6.10. The van der Waals surface area contributed by atoms with E-state index in [1.807, 2.05) is 26.0 Å². The van der Waals surface area contributed by atoms with Gasteiger partial charge >= 0.3 is 0 Å². The smallest absolute Gasteiger partial charge is 0.235 e. The Bertz CT molecular complexity index is 1030. The van der Waals surface area contributed by atoms with Crippen molar-refractivity contribution in [2.45, 2.75) is 52.6 Å². The second-order valence-electron chi connectivity index (χ2n) is 11.2. The summed E-state index contributed by atoms with van der Waals surface area (Å²) in [6.07, 6.45) is 18.8. The van der Waals surface area contributed by atoms with Crippen LogP contribution in [-0.2, 0) is 19.2 Å². The molecule has 4 amide bonds. The lowest BCUT2D eigenvalue weighted by molar-refractivity contribution is -0.156. The number of allylic oxidation sites excluding steroid dienone is 8. The van der Waals surface area contributed by atoms with E-state index in [2.05, 4.69) is 36.5 Å². The summed E-state index contributed by atoms with van der Waals surface area (Å²) in [4.78, 5) is 57.2. The van der Waals surface area contributed by atoms with Gasteiger partial charge in [-0.15, -0.1) is 0 Å². The number of likely N-dealkylation sites (tertiary alicyclic amines) is 2. The average molecular weight is 461 g/mol. The molecular formula is C28H32N2O4. The number of carbonyl (C=O) groups excluding carboxylic acids is 4. The van der Waals surface area contributed by atoms with Crippen LogP contribution in [0.2, 0.25) is 0 Å². The molecule has 0 aromatic heterocycles. The molecule has 0 radical (unpaired) electrons. The lowest BCUT2D eigenvalue weighted by atomic mass is 9.72. The number of fused-ring (bicyclic) bond motifs is 10. The largest absolute Gasteiger partial charge is 0.274 e. The van der Waals surface area contributed by atoms with Crippen LogP contribution in [0.1, 0.15) is 46.5 Å². The number of rotatable bonds is 6. The van der Waals surface area contributed by atoms with Crippen molar-refractivity contribution in [1.29, 1.82) is 0 Å². The molecule has 0 aromatic carbocycles. The third kappa shape index (κ3) is 2.47. The lowest BCUT2D eigenvalue weighted by Crippen LogP contribution is -2.53. The summed E-state index contributed by atoms with van der Waals surface area (Å²) in [7, 11) is 0. The molecule has 2 aliphatic heterocycles. The molecule has 6 aliphatic rings. The number of carbonyl (C=O) groups is 4. The summed E-state index contributed by atoms with van der Waals surface area (Å²) in [5.74, 6) is -2.34. The first kappa shape index (κ1) is 21.8. The van der Waals surface area contributed by atoms with Crippen LogP contribution < -0.4 is 0 Å². The average Bonchev–Trinajstić information content (AvgIpc) is 3.63. The Morgan fingerprint density at radius 3 is 1.59 bits per heavy atom. The van der Waals surface area contributed by atoms with Crippen molar-refractivity contribution in [2.24, 2.45) is 46.3 Å². The van der Waals surface area contributed by atoms with Gasteiger partial charge in [0.15, 0.2) is 0 Å². The van der Waals surface area contributed by atoms with Gasteiger partial charge in [-0.25, -0.2) is 0 Å². The van der Waals surface area contributed by atoms with E-state index in [1.54, 1.807) is 6.92 Å². The Labute approximate surface area is 200 Å². The fourth-order valence-corrected chi connectivity index (χ4v) is 8.32. The van der Waals surface area contributed by atoms with Crippen LogP contribution in [0.3, 0.4) is 0 Å². The molecule has 6 heteroatoms. The van der Waals surface area contributed by atoms with E-state index < -0.39 is 18.0 Å². The van der Waals surface area contributed by atoms with E-state index in [-0.39, 0.29) is 58.1 Å². The molecule has 178 valence electrons. The summed E-state index contributed by atoms with van der Waals surface area (Å²) in [5, 5.41) is 0. The third-order valence-corrected chi connectivity index (χ3v) is 9.73. The fourth-order valence-electron chi connectivity index (χ4n) is 8.32. The van der Waals surface area contributed by atoms with Crippen molar-refractivity contribution in [3.05, 3.63) is 48.6 Å². The fraction of sp³-hybridized carbons (Fsp3) is 0.571. The number of nitrogens with zero attached hydrogens (tertiary/aromatic N) is 2. The number of hydrogen-bond acceptors (Lipinski definition) is 4. The molecule has 0 spiro atoms. The van der Waals surface area contributed by atoms with Crippen molar-refractivity contribution in [1.82, 2.24) is 9.80 Å². The van der Waals surface area contributed by atoms with Crippen LogP contribution in [0, 0.1) is 46.3 Å². The van der Waals surface area contributed by atoms with Gasteiger partial charge in [0.2, 0.25) is 23.6 Å². The highest BCUT2D eigenvalue weighted by Gasteiger charge is 2.69. The SMILES string of the molecule is CC=CCC12C=CC(C1)C1C(=O)N(C(C)N3C(=O)C4C5C=CC(CC=CC)(C5)C4C3=O)C(=O)C12. The van der Waals surface area contributed by atoms with Gasteiger partial charge in [0.1, 0.15) is 6.17 Å². The van der Waals surface area contributed by atoms with Crippen molar-refractivity contribution < 1.29 is 19.2 Å². The Kier molecular flexibility index (Phi) is 4.56. The monoisotopic (exact) mass is 460 g/mol. The highest BCUT2D eigenvalue weighted by Crippen LogP contribution is 2.64. The minimum atomic E-state index is -0.882. The Hall–Kier alpha value is -2.76. The topological polar surface area (TPSA) is 74.8 Å². The van der Waals surface area contributed by atoms with Gasteiger partial charge in [-0.1, -0.05) is 48.6 Å². The number of hydrogen-bond donors (Lipinski definition) is 0. The van der Waals surface area contributed by atoms with Gasteiger partial charge in [-0.3, -0.25) is 29.0 Å². The normalized spacial score (nSPS) is 44.7. The second-order valence-corrected chi connectivity index (χ2v) is 11.2. The van der Waals surface area contributed by atoms with Crippen molar-refractivity contribution >= 4 is 23.6 Å². The van der Waals surface area contributed by atoms with Crippen LogP contribution in [0.4, 0.5) is 0 Å². The molecule has 2 saturated carbocycles. The zero-order valence-electron chi connectivity index (χ0n) is 20.0. The van der Waals surface area contributed by atoms with Crippen molar-refractivity contribution in [3.63, 3.8) is 0 Å². The maximum absolute atomic E-state index is 13.7. The third-order valence-electron chi connectivity index (χ3n) is 9.73. The summed E-state index contributed by atoms with van der Waals surface area (Å²) in [5.41, 5.74) is -0.670. The van der Waals surface area contributed by atoms with E-state index in [1.165, 1.54) is 9.80 Å². The van der Waals surface area contributed by atoms with Gasteiger partial charge in [0.05, 0.1) is 23.7 Å². The van der Waals surface area contributed by atoms with Gasteiger partial charge in [0, 0.05) is 10.8 Å². The maximum atomic E-state index is 13.7. The zero-order valence-corrected chi connectivity index (χ0v) is 20.0. The van der Waals surface area contributed by atoms with E-state index >= 15 is 0 Å². The second kappa shape index (κ2) is 7.12. The van der Waals surface area contributed by atoms with Crippen LogP contribution in [-0.4, -0.2) is 39.6 Å². The predicted molar refractivity (Wildman–Crippen MR) is 125 cm³/mol. The number of imide groups is 2. The molecule has 8 atom stereocenters. The summed E-state index contributed by atoms with van der Waals surface area (Å²) in [6, 6.07) is 0. The molecule has 0 aromatic rings. The van der Waals surface area contributed by atoms with E-state index in [0.29, 0.717) is 0 Å². The summed E-state index contributed by atoms with van der Waals surface area (Å²) < 4.78 is 0. The Morgan fingerprint density at radius 2 is 1.21 bits per heavy atom. The quantitative estimate of drug-likeness (QED) is 0.448. The Morgan fingerprint density at radius 1 is 0.794 bits per heavy atom. The highest BCUT2D eigenvalue weighted by atomic mass is 16.2. The molecule has 4 aliphatic carbocycles. The molecule has 8 unspecified atom stereocenters. The van der Waals surface area contributed by atoms with Crippen LogP contribution >= 0.6 is 0 Å². The first-order chi connectivity index (χ1) is 16.3. The first-order valence-corrected chi connectivity index (χ1v) is 12.6. The molecule has 4 bridgehead atoms. The van der Waals surface area contributed by atoms with Gasteiger partial charge in [0.25, 0.3) is 0 Å². The molecule has 6 rings (SSSR count). The molecule has 4 fully saturated rings. The summed E-state index contributed by atoms with van der Waals surface area (Å²) in [6.45, 7) is 5.60. The van der Waals surface area contributed by atoms with Gasteiger partial charge in [-0.05, 0) is 58.3 Å². The van der Waals surface area contributed by atoms with Crippen molar-refractivity contribution in [3.8, 4) is 0 Å². The summed E-state index contributed by atoms with van der Waals surface area (Å²) >= 11 is 0. The molecule has 0 N–H and O–H groups in total. The molecule has 6 nitrogen and oxygen atoms in total. The number of amides is 4. The standard InChI is InChI=1S/C28H32N2O4/c1-4-6-10-27-12-8-17(14-27)19-21(27)25(33)29(23(19)31)16(3)30-24(32)20-18-9-13-28(15-18,11-7-5-2)22(20)26(30)34/h4-9,12-13,16-22H,10-11,14-15H2,1-3H3. The predicted octanol–water partition coefficient (Wildman–Crippen LogP) is 3.62.